The largest absolute Gasteiger partial charge is 0.322 e. The molecule has 0 radical (unpaired) electrons. The molecule has 1 fully saturated rings. The molecule has 6 heteroatoms. The van der Waals surface area contributed by atoms with Crippen molar-refractivity contribution in [3.63, 3.8) is 0 Å². The van der Waals surface area contributed by atoms with Gasteiger partial charge >= 0.3 is 0 Å². The summed E-state index contributed by atoms with van der Waals surface area (Å²) in [6.45, 7) is 2.90. The Kier molecular flexibility index (Phi) is 5.64. The molecular formula is C15H21F2N3O. The van der Waals surface area contributed by atoms with Crippen LogP contribution in [0.5, 0.6) is 0 Å². The molecule has 2 rings (SSSR count). The van der Waals surface area contributed by atoms with E-state index in [1.54, 1.807) is 0 Å². The predicted molar refractivity (Wildman–Crippen MR) is 78.1 cm³/mol. The molecule has 4 nitrogen and oxygen atoms in total. The first kappa shape index (κ1) is 15.9. The molecule has 0 aromatic heterocycles. The van der Waals surface area contributed by atoms with Crippen molar-refractivity contribution in [2.75, 3.05) is 38.5 Å². The lowest BCUT2D eigenvalue weighted by Crippen LogP contribution is -2.42. The van der Waals surface area contributed by atoms with Gasteiger partial charge in [0, 0.05) is 12.6 Å². The number of anilines is 1. The van der Waals surface area contributed by atoms with Gasteiger partial charge in [0.05, 0.1) is 12.2 Å². The van der Waals surface area contributed by atoms with Crippen LogP contribution >= 0.6 is 0 Å². The van der Waals surface area contributed by atoms with Crippen molar-refractivity contribution in [1.82, 2.24) is 10.2 Å². The van der Waals surface area contributed by atoms with Gasteiger partial charge in [-0.1, -0.05) is 0 Å². The smallest absolute Gasteiger partial charge is 0.238 e. The molecule has 2 N–H and O–H groups in total. The van der Waals surface area contributed by atoms with E-state index < -0.39 is 11.6 Å². The minimum Gasteiger partial charge on any atom is -0.322 e. The van der Waals surface area contributed by atoms with Crippen LogP contribution in [0.25, 0.3) is 0 Å². The third-order valence-electron chi connectivity index (χ3n) is 3.67. The van der Waals surface area contributed by atoms with Gasteiger partial charge in [-0.25, -0.2) is 8.78 Å². The summed E-state index contributed by atoms with van der Waals surface area (Å²) in [6.07, 6.45) is 2.22. The molecule has 1 unspecified atom stereocenters. The molecule has 0 spiro atoms. The van der Waals surface area contributed by atoms with Gasteiger partial charge in [0.25, 0.3) is 0 Å². The zero-order chi connectivity index (χ0) is 15.2. The van der Waals surface area contributed by atoms with Gasteiger partial charge < -0.3 is 10.6 Å². The second kappa shape index (κ2) is 7.47. The number of nitrogens with one attached hydrogen (secondary N) is 2. The highest BCUT2D eigenvalue weighted by atomic mass is 19.1. The molecule has 1 heterocycles. The lowest BCUT2D eigenvalue weighted by Gasteiger charge is -2.32. The molecule has 1 amide bonds. The monoisotopic (exact) mass is 297 g/mol. The van der Waals surface area contributed by atoms with Crippen molar-refractivity contribution in [2.45, 2.75) is 12.8 Å². The van der Waals surface area contributed by atoms with Crippen molar-refractivity contribution >= 4 is 11.6 Å². The SMILES string of the molecule is CNCC1CCCN(CC(=O)Nc2ccc(F)cc2F)C1. The van der Waals surface area contributed by atoms with Crippen LogP contribution in [-0.2, 0) is 4.79 Å². The second-order valence-electron chi connectivity index (χ2n) is 5.47. The minimum atomic E-state index is -0.755. The van der Waals surface area contributed by atoms with Gasteiger partial charge in [-0.2, -0.15) is 0 Å². The number of piperidine rings is 1. The van der Waals surface area contributed by atoms with Gasteiger partial charge in [-0.05, 0) is 51.0 Å². The lowest BCUT2D eigenvalue weighted by molar-refractivity contribution is -0.117. The maximum atomic E-state index is 13.5. The molecule has 1 aliphatic rings. The maximum Gasteiger partial charge on any atom is 0.238 e. The third-order valence-corrected chi connectivity index (χ3v) is 3.67. The van der Waals surface area contributed by atoms with E-state index in [1.165, 1.54) is 6.07 Å². The van der Waals surface area contributed by atoms with Crippen LogP contribution in [0.4, 0.5) is 14.5 Å². The summed E-state index contributed by atoms with van der Waals surface area (Å²) in [5, 5.41) is 5.65. The number of benzene rings is 1. The Labute approximate surface area is 123 Å². The molecular weight excluding hydrogens is 276 g/mol. The molecule has 0 bridgehead atoms. The highest BCUT2D eigenvalue weighted by molar-refractivity contribution is 5.92. The van der Waals surface area contributed by atoms with Crippen molar-refractivity contribution in [3.05, 3.63) is 29.8 Å². The normalized spacial score (nSPS) is 19.5. The van der Waals surface area contributed by atoms with Crippen LogP contribution in [-0.4, -0.2) is 44.0 Å². The number of rotatable bonds is 5. The van der Waals surface area contributed by atoms with Crippen molar-refractivity contribution in [1.29, 1.82) is 0 Å². The Balaban J connectivity index is 1.86. The van der Waals surface area contributed by atoms with E-state index in [9.17, 15) is 13.6 Å². The van der Waals surface area contributed by atoms with Gasteiger partial charge in [-0.3, -0.25) is 9.69 Å². The average molecular weight is 297 g/mol. The third kappa shape index (κ3) is 4.75. The van der Waals surface area contributed by atoms with Gasteiger partial charge in [-0.15, -0.1) is 0 Å². The molecule has 1 atom stereocenters. The van der Waals surface area contributed by atoms with Gasteiger partial charge in [0.15, 0.2) is 0 Å². The van der Waals surface area contributed by atoms with Crippen molar-refractivity contribution in [3.8, 4) is 0 Å². The summed E-state index contributed by atoms with van der Waals surface area (Å²) >= 11 is 0. The lowest BCUT2D eigenvalue weighted by atomic mass is 9.98. The van der Waals surface area contributed by atoms with Crippen molar-refractivity contribution < 1.29 is 13.6 Å². The fraction of sp³-hybridized carbons (Fsp3) is 0.533. The van der Waals surface area contributed by atoms with E-state index in [4.69, 9.17) is 0 Å². The summed E-state index contributed by atoms with van der Waals surface area (Å²) < 4.78 is 26.3. The van der Waals surface area contributed by atoms with Gasteiger partial charge in [0.2, 0.25) is 5.91 Å². The Morgan fingerprint density at radius 2 is 2.24 bits per heavy atom. The molecule has 1 aliphatic heterocycles. The number of hydrogen-bond donors (Lipinski definition) is 2. The zero-order valence-electron chi connectivity index (χ0n) is 12.2. The molecule has 0 saturated carbocycles. The topological polar surface area (TPSA) is 44.4 Å². The van der Waals surface area contributed by atoms with Crippen LogP contribution < -0.4 is 10.6 Å². The van der Waals surface area contributed by atoms with E-state index in [0.717, 1.165) is 44.6 Å². The first-order chi connectivity index (χ1) is 10.1. The summed E-state index contributed by atoms with van der Waals surface area (Å²) in [5.41, 5.74) is 0.0187. The summed E-state index contributed by atoms with van der Waals surface area (Å²) in [4.78, 5) is 14.0. The summed E-state index contributed by atoms with van der Waals surface area (Å²) in [5.74, 6) is -1.14. The first-order valence-corrected chi connectivity index (χ1v) is 7.20. The number of likely N-dealkylation sites (tertiary alicyclic amines) is 1. The molecule has 21 heavy (non-hydrogen) atoms. The summed E-state index contributed by atoms with van der Waals surface area (Å²) in [6, 6.07) is 3.13. The van der Waals surface area contributed by atoms with Gasteiger partial charge in [0.1, 0.15) is 11.6 Å². The van der Waals surface area contributed by atoms with E-state index in [0.29, 0.717) is 5.92 Å². The fourth-order valence-corrected chi connectivity index (χ4v) is 2.73. The van der Waals surface area contributed by atoms with Crippen LogP contribution in [0.15, 0.2) is 18.2 Å². The van der Waals surface area contributed by atoms with Crippen LogP contribution in [0, 0.1) is 17.6 Å². The molecule has 1 aromatic carbocycles. The highest BCUT2D eigenvalue weighted by Crippen LogP contribution is 2.17. The number of carbonyl (C=O) groups excluding carboxylic acids is 1. The van der Waals surface area contributed by atoms with Crippen LogP contribution in [0.3, 0.4) is 0 Å². The maximum absolute atomic E-state index is 13.5. The van der Waals surface area contributed by atoms with Crippen LogP contribution in [0.2, 0.25) is 0 Å². The highest BCUT2D eigenvalue weighted by Gasteiger charge is 2.21. The molecule has 116 valence electrons. The Hall–Kier alpha value is -1.53. The van der Waals surface area contributed by atoms with Crippen LogP contribution in [0.1, 0.15) is 12.8 Å². The number of hydrogen-bond acceptors (Lipinski definition) is 3. The average Bonchev–Trinajstić information content (AvgIpc) is 2.43. The Morgan fingerprint density at radius 1 is 1.43 bits per heavy atom. The number of halogens is 2. The zero-order valence-corrected chi connectivity index (χ0v) is 12.2. The Bertz CT molecular complexity index is 494. The van der Waals surface area contributed by atoms with E-state index in [-0.39, 0.29) is 18.1 Å². The van der Waals surface area contributed by atoms with E-state index in [2.05, 4.69) is 15.5 Å². The Morgan fingerprint density at radius 3 is 2.95 bits per heavy atom. The van der Waals surface area contributed by atoms with E-state index >= 15 is 0 Å². The number of nitrogens with zero attached hydrogens (tertiary/aromatic N) is 1. The number of carbonyl (C=O) groups is 1. The van der Waals surface area contributed by atoms with Crippen molar-refractivity contribution in [2.24, 2.45) is 5.92 Å². The molecule has 1 aromatic rings. The summed E-state index contributed by atoms with van der Waals surface area (Å²) in [7, 11) is 1.92. The predicted octanol–water partition coefficient (Wildman–Crippen LogP) is 1.83. The molecule has 1 saturated heterocycles. The van der Waals surface area contributed by atoms with E-state index in [1.807, 2.05) is 7.05 Å². The minimum absolute atomic E-state index is 0.0187. The fourth-order valence-electron chi connectivity index (χ4n) is 2.73. The number of amides is 1. The quantitative estimate of drug-likeness (QED) is 0.871. The standard InChI is InChI=1S/C15H21F2N3O/c1-18-8-11-3-2-6-20(9-11)10-15(21)19-14-5-4-12(16)7-13(14)17/h4-5,7,11,18H,2-3,6,8-10H2,1H3,(H,19,21). The molecule has 0 aliphatic carbocycles. The second-order valence-corrected chi connectivity index (χ2v) is 5.47. The first-order valence-electron chi connectivity index (χ1n) is 7.20.